The van der Waals surface area contributed by atoms with E-state index in [9.17, 15) is 9.18 Å². The largest absolute Gasteiger partial charge is 0.375 e. The fraction of sp³-hybridized carbons (Fsp3) is 0.167. The van der Waals surface area contributed by atoms with Crippen LogP contribution in [0.3, 0.4) is 0 Å². The predicted octanol–water partition coefficient (Wildman–Crippen LogP) is 2.55. The van der Waals surface area contributed by atoms with Crippen LogP contribution in [0.4, 0.5) is 10.1 Å². The molecule has 0 saturated carbocycles. The molecule has 94 valence electrons. The number of aromatic nitrogens is 1. The molecule has 1 aromatic heterocycles. The van der Waals surface area contributed by atoms with Crippen LogP contribution in [0, 0.1) is 5.82 Å². The monoisotopic (exact) mass is 265 g/mol. The molecule has 0 aliphatic carbocycles. The molecule has 0 spiro atoms. The SMILES string of the molecule is CC(Nc1cc(C(N)=O)ccc1F)c1cscn1. The van der Waals surface area contributed by atoms with Crippen molar-refractivity contribution in [3.8, 4) is 0 Å². The molecule has 2 aromatic rings. The highest BCUT2D eigenvalue weighted by Crippen LogP contribution is 2.22. The Kier molecular flexibility index (Phi) is 3.57. The highest BCUT2D eigenvalue weighted by atomic mass is 32.1. The number of amides is 1. The third kappa shape index (κ3) is 2.65. The van der Waals surface area contributed by atoms with Crippen LogP contribution in [0.25, 0.3) is 0 Å². The molecule has 3 N–H and O–H groups in total. The van der Waals surface area contributed by atoms with Crippen LogP contribution in [-0.2, 0) is 0 Å². The van der Waals surface area contributed by atoms with Crippen molar-refractivity contribution in [2.45, 2.75) is 13.0 Å². The summed E-state index contributed by atoms with van der Waals surface area (Å²) in [5, 5.41) is 4.85. The van der Waals surface area contributed by atoms with E-state index < -0.39 is 11.7 Å². The summed E-state index contributed by atoms with van der Waals surface area (Å²) in [5.41, 5.74) is 8.20. The number of benzene rings is 1. The summed E-state index contributed by atoms with van der Waals surface area (Å²) in [6.07, 6.45) is 0. The quantitative estimate of drug-likeness (QED) is 0.892. The van der Waals surface area contributed by atoms with Gasteiger partial charge in [0.25, 0.3) is 0 Å². The third-order valence-electron chi connectivity index (χ3n) is 2.52. The number of carbonyl (C=O) groups is 1. The number of anilines is 1. The first-order valence-corrected chi connectivity index (χ1v) is 6.26. The van der Waals surface area contributed by atoms with Crippen molar-refractivity contribution in [1.82, 2.24) is 4.98 Å². The molecule has 1 heterocycles. The smallest absolute Gasteiger partial charge is 0.248 e. The zero-order valence-corrected chi connectivity index (χ0v) is 10.5. The van der Waals surface area contributed by atoms with Crippen molar-refractivity contribution in [2.75, 3.05) is 5.32 Å². The van der Waals surface area contributed by atoms with Crippen molar-refractivity contribution < 1.29 is 9.18 Å². The Morgan fingerprint density at radius 1 is 1.56 bits per heavy atom. The topological polar surface area (TPSA) is 68.0 Å². The normalized spacial score (nSPS) is 12.1. The Morgan fingerprint density at radius 2 is 2.33 bits per heavy atom. The Morgan fingerprint density at radius 3 is 2.94 bits per heavy atom. The average Bonchev–Trinajstić information content (AvgIpc) is 2.85. The maximum Gasteiger partial charge on any atom is 0.248 e. The molecule has 18 heavy (non-hydrogen) atoms. The van der Waals surface area contributed by atoms with Gasteiger partial charge in [-0.25, -0.2) is 9.37 Å². The van der Waals surface area contributed by atoms with Gasteiger partial charge in [0.2, 0.25) is 5.91 Å². The number of halogens is 1. The van der Waals surface area contributed by atoms with Gasteiger partial charge >= 0.3 is 0 Å². The summed E-state index contributed by atoms with van der Waals surface area (Å²) >= 11 is 1.47. The first-order chi connectivity index (χ1) is 8.58. The maximum atomic E-state index is 13.6. The highest BCUT2D eigenvalue weighted by Gasteiger charge is 2.12. The zero-order chi connectivity index (χ0) is 13.1. The van der Waals surface area contributed by atoms with E-state index in [0.29, 0.717) is 0 Å². The van der Waals surface area contributed by atoms with Gasteiger partial charge in [0.1, 0.15) is 5.82 Å². The van der Waals surface area contributed by atoms with Gasteiger partial charge in [0, 0.05) is 10.9 Å². The second-order valence-corrected chi connectivity index (χ2v) is 4.56. The Bertz CT molecular complexity index is 556. The van der Waals surface area contributed by atoms with Gasteiger partial charge in [-0.1, -0.05) is 0 Å². The van der Waals surface area contributed by atoms with E-state index in [1.807, 2.05) is 12.3 Å². The number of thiazole rings is 1. The molecule has 0 fully saturated rings. The molecule has 0 aliphatic heterocycles. The van der Waals surface area contributed by atoms with Crippen LogP contribution in [0.15, 0.2) is 29.1 Å². The lowest BCUT2D eigenvalue weighted by molar-refractivity contribution is 0.100. The molecule has 0 radical (unpaired) electrons. The van der Waals surface area contributed by atoms with Gasteiger partial charge in [0.15, 0.2) is 0 Å². The van der Waals surface area contributed by atoms with Gasteiger partial charge in [-0.2, -0.15) is 0 Å². The Hall–Kier alpha value is -1.95. The number of carbonyl (C=O) groups excluding carboxylic acids is 1. The van der Waals surface area contributed by atoms with Gasteiger partial charge in [-0.3, -0.25) is 4.79 Å². The van der Waals surface area contributed by atoms with Gasteiger partial charge in [0.05, 0.1) is 22.9 Å². The van der Waals surface area contributed by atoms with Crippen LogP contribution in [0.1, 0.15) is 29.0 Å². The van der Waals surface area contributed by atoms with Gasteiger partial charge in [-0.15, -0.1) is 11.3 Å². The fourth-order valence-corrected chi connectivity index (χ4v) is 2.18. The second-order valence-electron chi connectivity index (χ2n) is 3.84. The lowest BCUT2D eigenvalue weighted by Gasteiger charge is -2.14. The van der Waals surface area contributed by atoms with Gasteiger partial charge in [-0.05, 0) is 25.1 Å². The van der Waals surface area contributed by atoms with Crippen molar-refractivity contribution in [2.24, 2.45) is 5.73 Å². The minimum atomic E-state index is -0.584. The molecule has 4 nitrogen and oxygen atoms in total. The molecule has 1 unspecified atom stereocenters. The van der Waals surface area contributed by atoms with Crippen molar-refractivity contribution in [1.29, 1.82) is 0 Å². The number of hydrogen-bond donors (Lipinski definition) is 2. The standard InChI is InChI=1S/C12H12FN3OS/c1-7(11-5-18-6-15-11)16-10-4-8(12(14)17)2-3-9(10)13/h2-7,16H,1H3,(H2,14,17). The van der Waals surface area contributed by atoms with E-state index in [-0.39, 0.29) is 17.3 Å². The third-order valence-corrected chi connectivity index (χ3v) is 3.12. The molecular formula is C12H12FN3OS. The molecule has 1 amide bonds. The maximum absolute atomic E-state index is 13.6. The molecular weight excluding hydrogens is 253 g/mol. The number of hydrogen-bond acceptors (Lipinski definition) is 4. The van der Waals surface area contributed by atoms with Crippen LogP contribution in [0.5, 0.6) is 0 Å². The average molecular weight is 265 g/mol. The van der Waals surface area contributed by atoms with E-state index in [1.54, 1.807) is 5.51 Å². The number of nitrogens with zero attached hydrogens (tertiary/aromatic N) is 1. The lowest BCUT2D eigenvalue weighted by atomic mass is 10.1. The molecule has 2 rings (SSSR count). The minimum absolute atomic E-state index is 0.145. The Labute approximate surface area is 108 Å². The zero-order valence-electron chi connectivity index (χ0n) is 9.68. The first-order valence-electron chi connectivity index (χ1n) is 5.32. The molecule has 0 saturated heterocycles. The van der Waals surface area contributed by atoms with E-state index in [4.69, 9.17) is 5.73 Å². The summed E-state index contributed by atoms with van der Waals surface area (Å²) in [6.45, 7) is 1.87. The molecule has 1 atom stereocenters. The number of nitrogens with two attached hydrogens (primary N) is 1. The second kappa shape index (κ2) is 5.14. The first kappa shape index (κ1) is 12.5. The van der Waals surface area contributed by atoms with Crippen molar-refractivity contribution >= 4 is 22.9 Å². The van der Waals surface area contributed by atoms with Crippen LogP contribution in [0.2, 0.25) is 0 Å². The van der Waals surface area contributed by atoms with Gasteiger partial charge < -0.3 is 11.1 Å². The summed E-state index contributed by atoms with van der Waals surface area (Å²) in [4.78, 5) is 15.2. The van der Waals surface area contributed by atoms with E-state index in [0.717, 1.165) is 5.69 Å². The summed E-state index contributed by atoms with van der Waals surface area (Å²) in [5.74, 6) is -1.01. The van der Waals surface area contributed by atoms with Crippen molar-refractivity contribution in [3.63, 3.8) is 0 Å². The summed E-state index contributed by atoms with van der Waals surface area (Å²) in [7, 11) is 0. The molecule has 0 aliphatic rings. The molecule has 1 aromatic carbocycles. The lowest BCUT2D eigenvalue weighted by Crippen LogP contribution is -2.13. The predicted molar refractivity (Wildman–Crippen MR) is 69.1 cm³/mol. The van der Waals surface area contributed by atoms with E-state index in [2.05, 4.69) is 10.3 Å². The minimum Gasteiger partial charge on any atom is -0.375 e. The Balaban J connectivity index is 2.23. The molecule has 6 heteroatoms. The summed E-state index contributed by atoms with van der Waals surface area (Å²) < 4.78 is 13.6. The van der Waals surface area contributed by atoms with Crippen molar-refractivity contribution in [3.05, 3.63) is 46.2 Å². The molecule has 0 bridgehead atoms. The highest BCUT2D eigenvalue weighted by molar-refractivity contribution is 7.07. The number of nitrogens with one attached hydrogen (secondary N) is 1. The van der Waals surface area contributed by atoms with E-state index in [1.165, 1.54) is 29.5 Å². The summed E-state index contributed by atoms with van der Waals surface area (Å²) in [6, 6.07) is 3.83. The fourth-order valence-electron chi connectivity index (χ4n) is 1.53. The number of rotatable bonds is 4. The van der Waals surface area contributed by atoms with E-state index >= 15 is 0 Å². The van der Waals surface area contributed by atoms with Crippen LogP contribution >= 0.6 is 11.3 Å². The number of primary amides is 1. The van der Waals surface area contributed by atoms with Crippen LogP contribution < -0.4 is 11.1 Å². The van der Waals surface area contributed by atoms with Crippen LogP contribution in [-0.4, -0.2) is 10.9 Å².